The van der Waals surface area contributed by atoms with E-state index in [0.717, 1.165) is 30.9 Å². The van der Waals surface area contributed by atoms with Crippen LogP contribution >= 0.6 is 0 Å². The van der Waals surface area contributed by atoms with Gasteiger partial charge in [0, 0.05) is 30.8 Å². The van der Waals surface area contributed by atoms with Crippen molar-refractivity contribution < 1.29 is 23.5 Å². The largest absolute Gasteiger partial charge is 0.439 e. The van der Waals surface area contributed by atoms with Crippen LogP contribution < -0.4 is 15.4 Å². The first-order chi connectivity index (χ1) is 14.9. The maximum atomic E-state index is 13.0. The van der Waals surface area contributed by atoms with Crippen LogP contribution in [0, 0.1) is 30.0 Å². The van der Waals surface area contributed by atoms with Gasteiger partial charge < -0.3 is 24.9 Å². The number of anilines is 1. The zero-order valence-corrected chi connectivity index (χ0v) is 17.6. The lowest BCUT2D eigenvalue weighted by molar-refractivity contribution is -0.149. The molecule has 5 rings (SSSR count). The summed E-state index contributed by atoms with van der Waals surface area (Å²) in [7, 11) is 1.68. The van der Waals surface area contributed by atoms with Crippen molar-refractivity contribution in [2.45, 2.75) is 32.3 Å². The van der Waals surface area contributed by atoms with Gasteiger partial charge in [0.05, 0.1) is 12.3 Å². The van der Waals surface area contributed by atoms with Crippen molar-refractivity contribution in [3.63, 3.8) is 0 Å². The number of nitrogens with zero attached hydrogens (tertiary/aromatic N) is 1. The number of ether oxygens (including phenoxy) is 2. The number of methoxy groups -OCH3 is 1. The number of aryl methyl sites for hydroxylation is 1. The van der Waals surface area contributed by atoms with Crippen molar-refractivity contribution in [1.29, 1.82) is 0 Å². The molecule has 31 heavy (non-hydrogen) atoms. The third kappa shape index (κ3) is 4.39. The quantitative estimate of drug-likeness (QED) is 0.650. The van der Waals surface area contributed by atoms with E-state index < -0.39 is 11.2 Å². The number of benzene rings is 1. The number of amides is 2. The van der Waals surface area contributed by atoms with Crippen molar-refractivity contribution in [3.8, 4) is 11.6 Å². The molecule has 8 heteroatoms. The smallest absolute Gasteiger partial charge is 0.319 e. The molecule has 1 aromatic carbocycles. The second-order valence-corrected chi connectivity index (χ2v) is 8.46. The number of rotatable bonds is 7. The van der Waals surface area contributed by atoms with Gasteiger partial charge in [-0.15, -0.1) is 0 Å². The maximum Gasteiger partial charge on any atom is 0.319 e. The van der Waals surface area contributed by atoms with Crippen molar-refractivity contribution in [2.75, 3.05) is 19.0 Å². The van der Waals surface area contributed by atoms with Crippen LogP contribution in [0.4, 0.5) is 14.9 Å². The van der Waals surface area contributed by atoms with Crippen LogP contribution in [0.1, 0.15) is 24.8 Å². The Morgan fingerprint density at radius 1 is 1.32 bits per heavy atom. The van der Waals surface area contributed by atoms with E-state index in [1.165, 1.54) is 12.1 Å². The molecule has 2 bridgehead atoms. The lowest BCUT2D eigenvalue weighted by Gasteiger charge is -2.55. The average molecular weight is 427 g/mol. The lowest BCUT2D eigenvalue weighted by Crippen LogP contribution is -2.58. The van der Waals surface area contributed by atoms with Crippen LogP contribution in [0.15, 0.2) is 36.5 Å². The van der Waals surface area contributed by atoms with Gasteiger partial charge in [-0.2, -0.15) is 0 Å². The van der Waals surface area contributed by atoms with Gasteiger partial charge in [0.15, 0.2) is 0 Å². The van der Waals surface area contributed by atoms with Crippen molar-refractivity contribution in [2.24, 2.45) is 17.3 Å². The summed E-state index contributed by atoms with van der Waals surface area (Å²) in [5.41, 5.74) is 0.809. The van der Waals surface area contributed by atoms with Gasteiger partial charge >= 0.3 is 6.03 Å². The molecule has 2 amide bonds. The highest BCUT2D eigenvalue weighted by molar-refractivity contribution is 5.89. The molecule has 1 aromatic heterocycles. The molecule has 0 saturated heterocycles. The van der Waals surface area contributed by atoms with Crippen LogP contribution in [-0.4, -0.2) is 37.1 Å². The van der Waals surface area contributed by atoms with E-state index in [1.807, 2.05) is 6.92 Å². The van der Waals surface area contributed by atoms with E-state index in [2.05, 4.69) is 15.6 Å². The molecule has 3 aliphatic carbocycles. The molecule has 0 unspecified atom stereocenters. The number of carbonyl (C=O) groups excluding carboxylic acids is 2. The predicted octanol–water partition coefficient (Wildman–Crippen LogP) is 4.07. The molecule has 3 saturated carbocycles. The number of urea groups is 1. The van der Waals surface area contributed by atoms with Crippen LogP contribution in [0.2, 0.25) is 0 Å². The molecule has 2 aromatic rings. The number of aromatic nitrogens is 1. The van der Waals surface area contributed by atoms with Gasteiger partial charge in [0.1, 0.15) is 17.9 Å². The first-order valence-electron chi connectivity index (χ1n) is 10.4. The van der Waals surface area contributed by atoms with Gasteiger partial charge in [0.2, 0.25) is 5.88 Å². The average Bonchev–Trinajstić information content (AvgIpc) is 2.74. The third-order valence-electron chi connectivity index (χ3n) is 6.56. The first kappa shape index (κ1) is 21.2. The van der Waals surface area contributed by atoms with Gasteiger partial charge in [-0.25, -0.2) is 14.2 Å². The van der Waals surface area contributed by atoms with Crippen LogP contribution in [-0.2, 0) is 9.53 Å². The number of carbonyl (C=O) groups is 2. The van der Waals surface area contributed by atoms with Gasteiger partial charge in [-0.1, -0.05) is 0 Å². The Morgan fingerprint density at radius 3 is 2.77 bits per heavy atom. The summed E-state index contributed by atoms with van der Waals surface area (Å²) in [6.07, 6.45) is 4.76. The van der Waals surface area contributed by atoms with E-state index in [-0.39, 0.29) is 24.6 Å². The number of hydrogen-bond donors (Lipinski definition) is 2. The topological polar surface area (TPSA) is 89.5 Å². The number of hydrogen-bond acceptors (Lipinski definition) is 5. The van der Waals surface area contributed by atoms with Crippen LogP contribution in [0.5, 0.6) is 11.6 Å². The van der Waals surface area contributed by atoms with Crippen molar-refractivity contribution in [1.82, 2.24) is 10.3 Å². The maximum absolute atomic E-state index is 13.0. The SMILES string of the molecule is CO[C@@H]1C[C@](C=O)(CNC(=O)Nc2ccc(Oc3ccc(F)cn3)c(C)c2)C2CC1C2. The Hall–Kier alpha value is -3.00. The Labute approximate surface area is 180 Å². The highest BCUT2D eigenvalue weighted by atomic mass is 19.1. The Morgan fingerprint density at radius 2 is 2.13 bits per heavy atom. The molecule has 0 spiro atoms. The van der Waals surface area contributed by atoms with E-state index >= 15 is 0 Å². The number of pyridine rings is 1. The molecule has 7 nitrogen and oxygen atoms in total. The van der Waals surface area contributed by atoms with E-state index in [1.54, 1.807) is 25.3 Å². The molecule has 3 fully saturated rings. The Bertz CT molecular complexity index is 962. The summed E-state index contributed by atoms with van der Waals surface area (Å²) in [6, 6.07) is 7.53. The standard InChI is InChI=1S/C23H26FN3O4/c1-14-7-18(4-5-19(14)31-21-6-3-17(24)11-25-21)27-22(29)26-12-23(13-28)10-20(30-2)15-8-16(23)9-15/h3-7,11,13,15-16,20H,8-10,12H2,1-2H3,(H2,26,27,29)/t15?,16?,20-,23-/m1/s1. The number of fused-ring (bicyclic) bond motifs is 2. The van der Waals surface area contributed by atoms with Crippen LogP contribution in [0.3, 0.4) is 0 Å². The zero-order valence-electron chi connectivity index (χ0n) is 17.6. The Kier molecular flexibility index (Phi) is 5.91. The summed E-state index contributed by atoms with van der Waals surface area (Å²) in [4.78, 5) is 28.3. The minimum Gasteiger partial charge on any atom is -0.439 e. The monoisotopic (exact) mass is 427 g/mol. The number of aldehydes is 1. The summed E-state index contributed by atoms with van der Waals surface area (Å²) in [5, 5.41) is 5.65. The second kappa shape index (κ2) is 8.63. The molecule has 0 radical (unpaired) electrons. The van der Waals surface area contributed by atoms with Gasteiger partial charge in [0.25, 0.3) is 0 Å². The fraction of sp³-hybridized carbons (Fsp3) is 0.435. The third-order valence-corrected chi connectivity index (χ3v) is 6.56. The zero-order chi connectivity index (χ0) is 22.0. The fourth-order valence-corrected chi connectivity index (χ4v) is 4.62. The minimum atomic E-state index is -0.567. The molecule has 3 aliphatic rings. The lowest BCUT2D eigenvalue weighted by atomic mass is 9.51. The molecule has 1 heterocycles. The summed E-state index contributed by atoms with van der Waals surface area (Å²) < 4.78 is 24.2. The van der Waals surface area contributed by atoms with Gasteiger partial charge in [-0.05, 0) is 67.9 Å². The van der Waals surface area contributed by atoms with Gasteiger partial charge in [-0.3, -0.25) is 0 Å². The normalized spacial score (nSPS) is 26.5. The van der Waals surface area contributed by atoms with E-state index in [0.29, 0.717) is 29.7 Å². The highest BCUT2D eigenvalue weighted by Crippen LogP contribution is 2.55. The Balaban J connectivity index is 1.34. The number of nitrogens with one attached hydrogen (secondary N) is 2. The summed E-state index contributed by atoms with van der Waals surface area (Å²) in [5.74, 6) is 1.24. The molecule has 164 valence electrons. The molecule has 2 atom stereocenters. The minimum absolute atomic E-state index is 0.0749. The van der Waals surface area contributed by atoms with Crippen molar-refractivity contribution in [3.05, 3.63) is 47.9 Å². The highest BCUT2D eigenvalue weighted by Gasteiger charge is 2.55. The first-order valence-corrected chi connectivity index (χ1v) is 10.4. The molecular formula is C23H26FN3O4. The number of halogens is 1. The second-order valence-electron chi connectivity index (χ2n) is 8.46. The van der Waals surface area contributed by atoms with E-state index in [9.17, 15) is 14.0 Å². The molecular weight excluding hydrogens is 401 g/mol. The van der Waals surface area contributed by atoms with Crippen molar-refractivity contribution >= 4 is 18.0 Å². The predicted molar refractivity (Wildman–Crippen MR) is 113 cm³/mol. The van der Waals surface area contributed by atoms with Crippen LogP contribution in [0.25, 0.3) is 0 Å². The fourth-order valence-electron chi connectivity index (χ4n) is 4.62. The van der Waals surface area contributed by atoms with E-state index in [4.69, 9.17) is 9.47 Å². The molecule has 2 N–H and O–H groups in total. The summed E-state index contributed by atoms with van der Waals surface area (Å²) >= 11 is 0. The summed E-state index contributed by atoms with van der Waals surface area (Å²) in [6.45, 7) is 2.12. The molecule has 0 aliphatic heterocycles.